The highest BCUT2D eigenvalue weighted by Crippen LogP contribution is 2.22. The van der Waals surface area contributed by atoms with Gasteiger partial charge >= 0.3 is 0 Å². The molecule has 2 aromatic rings. The van der Waals surface area contributed by atoms with Gasteiger partial charge in [-0.15, -0.1) is 0 Å². The lowest BCUT2D eigenvalue weighted by Gasteiger charge is -2.12. The fourth-order valence-electron chi connectivity index (χ4n) is 1.95. The molecule has 1 heterocycles. The highest BCUT2D eigenvalue weighted by molar-refractivity contribution is 5.37. The number of nitrogens with two attached hydrogens (primary N) is 1. The number of rotatable bonds is 5. The van der Waals surface area contributed by atoms with Gasteiger partial charge in [0.25, 0.3) is 0 Å². The van der Waals surface area contributed by atoms with E-state index in [0.29, 0.717) is 6.61 Å². The Balaban J connectivity index is 1.93. The van der Waals surface area contributed by atoms with E-state index in [4.69, 9.17) is 10.5 Å². The van der Waals surface area contributed by atoms with Gasteiger partial charge in [-0.1, -0.05) is 12.1 Å². The van der Waals surface area contributed by atoms with Gasteiger partial charge < -0.3 is 10.5 Å². The largest absolute Gasteiger partial charge is 0.493 e. The summed E-state index contributed by atoms with van der Waals surface area (Å²) < 4.78 is 5.81. The number of aromatic nitrogens is 1. The predicted molar refractivity (Wildman–Crippen MR) is 77.2 cm³/mol. The first-order valence-corrected chi connectivity index (χ1v) is 6.54. The summed E-state index contributed by atoms with van der Waals surface area (Å²) in [7, 11) is 0. The van der Waals surface area contributed by atoms with E-state index in [0.717, 1.165) is 23.3 Å². The highest BCUT2D eigenvalue weighted by Gasteiger charge is 2.04. The van der Waals surface area contributed by atoms with Crippen LogP contribution in [-0.4, -0.2) is 11.6 Å². The zero-order valence-corrected chi connectivity index (χ0v) is 11.5. The molecule has 0 aliphatic heterocycles. The zero-order chi connectivity index (χ0) is 13.7. The van der Waals surface area contributed by atoms with Gasteiger partial charge in [-0.25, -0.2) is 0 Å². The number of benzene rings is 1. The SMILES string of the molecule is Cc1cc([C@@H](C)N)ccc1OCCc1ccncc1. The van der Waals surface area contributed by atoms with Crippen LogP contribution in [0.5, 0.6) is 5.75 Å². The minimum atomic E-state index is 0.0598. The van der Waals surface area contributed by atoms with Crippen molar-refractivity contribution in [2.24, 2.45) is 5.73 Å². The number of hydrogen-bond donors (Lipinski definition) is 1. The molecular weight excluding hydrogens is 236 g/mol. The summed E-state index contributed by atoms with van der Waals surface area (Å²) in [5.41, 5.74) is 9.37. The number of ether oxygens (including phenoxy) is 1. The van der Waals surface area contributed by atoms with E-state index in [1.165, 1.54) is 5.56 Å². The molecule has 1 aromatic carbocycles. The van der Waals surface area contributed by atoms with Crippen LogP contribution >= 0.6 is 0 Å². The molecule has 2 N–H and O–H groups in total. The average Bonchev–Trinajstić information content (AvgIpc) is 2.41. The average molecular weight is 256 g/mol. The van der Waals surface area contributed by atoms with E-state index in [2.05, 4.69) is 11.1 Å². The summed E-state index contributed by atoms with van der Waals surface area (Å²) in [5.74, 6) is 0.929. The number of nitrogens with zero attached hydrogens (tertiary/aromatic N) is 1. The standard InChI is InChI=1S/C16H20N2O/c1-12-11-15(13(2)17)3-4-16(12)19-10-7-14-5-8-18-9-6-14/h3-6,8-9,11,13H,7,10,17H2,1-2H3/t13-/m1/s1. The van der Waals surface area contributed by atoms with Gasteiger partial charge in [0, 0.05) is 24.9 Å². The van der Waals surface area contributed by atoms with Crippen LogP contribution in [0.4, 0.5) is 0 Å². The summed E-state index contributed by atoms with van der Waals surface area (Å²) in [6, 6.07) is 10.2. The van der Waals surface area contributed by atoms with Crippen LogP contribution in [0.2, 0.25) is 0 Å². The van der Waals surface area contributed by atoms with Gasteiger partial charge in [0.1, 0.15) is 5.75 Å². The van der Waals surface area contributed by atoms with Crippen molar-refractivity contribution < 1.29 is 4.74 Å². The van der Waals surface area contributed by atoms with Crippen molar-refractivity contribution in [3.8, 4) is 5.75 Å². The lowest BCUT2D eigenvalue weighted by atomic mass is 10.1. The molecule has 1 atom stereocenters. The second-order valence-corrected chi connectivity index (χ2v) is 4.77. The third-order valence-corrected chi connectivity index (χ3v) is 3.12. The van der Waals surface area contributed by atoms with Crippen molar-refractivity contribution in [2.75, 3.05) is 6.61 Å². The van der Waals surface area contributed by atoms with Crippen molar-refractivity contribution in [1.29, 1.82) is 0 Å². The maximum Gasteiger partial charge on any atom is 0.122 e. The maximum absolute atomic E-state index is 5.86. The number of aryl methyl sites for hydroxylation is 1. The van der Waals surface area contributed by atoms with Crippen LogP contribution < -0.4 is 10.5 Å². The van der Waals surface area contributed by atoms with Crippen LogP contribution in [0.15, 0.2) is 42.7 Å². The molecule has 0 bridgehead atoms. The van der Waals surface area contributed by atoms with E-state index in [9.17, 15) is 0 Å². The molecule has 2 rings (SSSR count). The van der Waals surface area contributed by atoms with E-state index in [1.54, 1.807) is 12.4 Å². The van der Waals surface area contributed by atoms with Crippen LogP contribution in [0.1, 0.15) is 29.7 Å². The molecule has 0 amide bonds. The Labute approximate surface area is 114 Å². The smallest absolute Gasteiger partial charge is 0.122 e. The molecule has 0 spiro atoms. The number of pyridine rings is 1. The fraction of sp³-hybridized carbons (Fsp3) is 0.312. The maximum atomic E-state index is 5.86. The van der Waals surface area contributed by atoms with Crippen molar-refractivity contribution in [2.45, 2.75) is 26.3 Å². The van der Waals surface area contributed by atoms with Crippen LogP contribution in [-0.2, 0) is 6.42 Å². The van der Waals surface area contributed by atoms with Gasteiger partial charge in [0.15, 0.2) is 0 Å². The topological polar surface area (TPSA) is 48.1 Å². The Morgan fingerprint density at radius 3 is 2.58 bits per heavy atom. The molecule has 1 aromatic heterocycles. The highest BCUT2D eigenvalue weighted by atomic mass is 16.5. The Morgan fingerprint density at radius 2 is 1.95 bits per heavy atom. The molecule has 0 radical (unpaired) electrons. The third-order valence-electron chi connectivity index (χ3n) is 3.12. The zero-order valence-electron chi connectivity index (χ0n) is 11.5. The minimum Gasteiger partial charge on any atom is -0.493 e. The van der Waals surface area contributed by atoms with Crippen molar-refractivity contribution in [3.63, 3.8) is 0 Å². The first-order chi connectivity index (χ1) is 9.16. The minimum absolute atomic E-state index is 0.0598. The summed E-state index contributed by atoms with van der Waals surface area (Å²) in [6.45, 7) is 4.70. The van der Waals surface area contributed by atoms with Gasteiger partial charge in [0.2, 0.25) is 0 Å². The van der Waals surface area contributed by atoms with E-state index >= 15 is 0 Å². The van der Waals surface area contributed by atoms with E-state index < -0.39 is 0 Å². The lowest BCUT2D eigenvalue weighted by Crippen LogP contribution is -2.06. The van der Waals surface area contributed by atoms with E-state index in [1.807, 2.05) is 38.1 Å². The molecule has 3 nitrogen and oxygen atoms in total. The Kier molecular flexibility index (Phi) is 4.53. The fourth-order valence-corrected chi connectivity index (χ4v) is 1.95. The van der Waals surface area contributed by atoms with Crippen LogP contribution in [0.25, 0.3) is 0 Å². The molecule has 0 saturated carbocycles. The molecule has 0 fully saturated rings. The first kappa shape index (κ1) is 13.6. The van der Waals surface area contributed by atoms with E-state index in [-0.39, 0.29) is 6.04 Å². The Morgan fingerprint density at radius 1 is 1.21 bits per heavy atom. The molecule has 100 valence electrons. The summed E-state index contributed by atoms with van der Waals surface area (Å²) in [6.07, 6.45) is 4.49. The van der Waals surface area contributed by atoms with Gasteiger partial charge in [-0.3, -0.25) is 4.98 Å². The van der Waals surface area contributed by atoms with Crippen molar-refractivity contribution in [3.05, 3.63) is 59.4 Å². The lowest BCUT2D eigenvalue weighted by molar-refractivity contribution is 0.319. The van der Waals surface area contributed by atoms with Crippen LogP contribution in [0.3, 0.4) is 0 Å². The Hall–Kier alpha value is -1.87. The molecular formula is C16H20N2O. The summed E-state index contributed by atoms with van der Waals surface area (Å²) in [5, 5.41) is 0. The molecule has 3 heteroatoms. The van der Waals surface area contributed by atoms with Gasteiger partial charge in [-0.05, 0) is 48.7 Å². The summed E-state index contributed by atoms with van der Waals surface area (Å²) in [4.78, 5) is 4.00. The predicted octanol–water partition coefficient (Wildman–Crippen LogP) is 3.03. The molecule has 19 heavy (non-hydrogen) atoms. The monoisotopic (exact) mass is 256 g/mol. The second-order valence-electron chi connectivity index (χ2n) is 4.77. The normalized spacial score (nSPS) is 12.2. The third kappa shape index (κ3) is 3.80. The quantitative estimate of drug-likeness (QED) is 0.894. The van der Waals surface area contributed by atoms with Crippen LogP contribution in [0, 0.1) is 6.92 Å². The number of hydrogen-bond acceptors (Lipinski definition) is 3. The van der Waals surface area contributed by atoms with Crippen molar-refractivity contribution >= 4 is 0 Å². The van der Waals surface area contributed by atoms with Crippen molar-refractivity contribution in [1.82, 2.24) is 4.98 Å². The molecule has 0 unspecified atom stereocenters. The van der Waals surface area contributed by atoms with Gasteiger partial charge in [0.05, 0.1) is 6.61 Å². The van der Waals surface area contributed by atoms with Gasteiger partial charge in [-0.2, -0.15) is 0 Å². The summed E-state index contributed by atoms with van der Waals surface area (Å²) >= 11 is 0. The second kappa shape index (κ2) is 6.34. The molecule has 0 aliphatic carbocycles. The molecule has 0 aliphatic rings. The first-order valence-electron chi connectivity index (χ1n) is 6.54. The Bertz CT molecular complexity index is 524. The molecule has 0 saturated heterocycles.